The average Bonchev–Trinajstić information content (AvgIpc) is 2.71. The zero-order valence-corrected chi connectivity index (χ0v) is 8.14. The maximum atomic E-state index is 11.8. The summed E-state index contributed by atoms with van der Waals surface area (Å²) in [6.45, 7) is 1.92. The highest BCUT2D eigenvalue weighted by Gasteiger charge is 2.23. The van der Waals surface area contributed by atoms with Gasteiger partial charge in [-0.3, -0.25) is 4.79 Å². The number of aromatic nitrogens is 1. The van der Waals surface area contributed by atoms with E-state index in [1.54, 1.807) is 0 Å². The first-order chi connectivity index (χ1) is 6.38. The molecule has 3 nitrogen and oxygen atoms in total. The van der Waals surface area contributed by atoms with Gasteiger partial charge in [-0.15, -0.1) is 0 Å². The molecule has 0 amide bonds. The van der Waals surface area contributed by atoms with E-state index in [0.717, 1.165) is 25.9 Å². The maximum Gasteiger partial charge on any atom is 0.185 e. The molecule has 1 aromatic heterocycles. The van der Waals surface area contributed by atoms with Gasteiger partial charge < -0.3 is 5.32 Å². The third kappa shape index (κ3) is 1.95. The van der Waals surface area contributed by atoms with Crippen molar-refractivity contribution in [3.8, 4) is 0 Å². The van der Waals surface area contributed by atoms with E-state index in [9.17, 15) is 4.79 Å². The molecule has 1 N–H and O–H groups in total. The summed E-state index contributed by atoms with van der Waals surface area (Å²) in [5, 5.41) is 5.10. The van der Waals surface area contributed by atoms with E-state index in [4.69, 9.17) is 0 Å². The SMILES string of the molecule is O=C(c1ccsn1)C1CCNCC1. The quantitative estimate of drug-likeness (QED) is 0.725. The summed E-state index contributed by atoms with van der Waals surface area (Å²) in [7, 11) is 0. The maximum absolute atomic E-state index is 11.8. The number of Topliss-reactive ketones (excluding diaryl/α,β-unsaturated/α-hetero) is 1. The summed E-state index contributed by atoms with van der Waals surface area (Å²) in [4.78, 5) is 11.8. The lowest BCUT2D eigenvalue weighted by Crippen LogP contribution is -2.31. The molecule has 4 heteroatoms. The highest BCUT2D eigenvalue weighted by Crippen LogP contribution is 2.17. The van der Waals surface area contributed by atoms with E-state index in [1.165, 1.54) is 11.5 Å². The van der Waals surface area contributed by atoms with Crippen LogP contribution in [-0.2, 0) is 0 Å². The molecule has 0 bridgehead atoms. The fourth-order valence-electron chi connectivity index (χ4n) is 1.63. The van der Waals surface area contributed by atoms with Crippen molar-refractivity contribution in [3.63, 3.8) is 0 Å². The minimum atomic E-state index is 0.198. The lowest BCUT2D eigenvalue weighted by atomic mass is 9.92. The number of nitrogens with zero attached hydrogens (tertiary/aromatic N) is 1. The minimum absolute atomic E-state index is 0.198. The number of nitrogens with one attached hydrogen (secondary N) is 1. The zero-order chi connectivity index (χ0) is 9.10. The second-order valence-electron chi connectivity index (χ2n) is 3.27. The van der Waals surface area contributed by atoms with Crippen LogP contribution in [0.4, 0.5) is 0 Å². The Balaban J connectivity index is 2.04. The summed E-state index contributed by atoms with van der Waals surface area (Å²) < 4.78 is 4.06. The third-order valence-corrected chi connectivity index (χ3v) is 2.96. The fraction of sp³-hybridized carbons (Fsp3) is 0.556. The first kappa shape index (κ1) is 8.84. The molecule has 0 unspecified atom stereocenters. The molecule has 2 heterocycles. The fourth-order valence-corrected chi connectivity index (χ4v) is 2.15. The van der Waals surface area contributed by atoms with E-state index in [2.05, 4.69) is 9.69 Å². The molecule has 1 fully saturated rings. The first-order valence-corrected chi connectivity index (χ1v) is 5.37. The Hall–Kier alpha value is -0.740. The van der Waals surface area contributed by atoms with Gasteiger partial charge in [-0.2, -0.15) is 4.37 Å². The van der Waals surface area contributed by atoms with Crippen molar-refractivity contribution in [3.05, 3.63) is 17.1 Å². The van der Waals surface area contributed by atoms with Crippen LogP contribution < -0.4 is 5.32 Å². The molecule has 1 saturated heterocycles. The number of ketones is 1. The molecule has 0 saturated carbocycles. The average molecular weight is 196 g/mol. The van der Waals surface area contributed by atoms with Crippen molar-refractivity contribution in [1.29, 1.82) is 0 Å². The second-order valence-corrected chi connectivity index (χ2v) is 3.94. The summed E-state index contributed by atoms with van der Waals surface area (Å²) in [5.41, 5.74) is 0.650. The van der Waals surface area contributed by atoms with Crippen molar-refractivity contribution in [2.45, 2.75) is 12.8 Å². The first-order valence-electron chi connectivity index (χ1n) is 4.53. The van der Waals surface area contributed by atoms with Gasteiger partial charge in [-0.05, 0) is 43.5 Å². The molecule has 0 spiro atoms. The number of hydrogen-bond acceptors (Lipinski definition) is 4. The van der Waals surface area contributed by atoms with Crippen molar-refractivity contribution in [2.75, 3.05) is 13.1 Å². The predicted octanol–water partition coefficient (Wildman–Crippen LogP) is 1.33. The van der Waals surface area contributed by atoms with Gasteiger partial charge >= 0.3 is 0 Å². The largest absolute Gasteiger partial charge is 0.317 e. The molecule has 0 aromatic carbocycles. The minimum Gasteiger partial charge on any atom is -0.317 e. The van der Waals surface area contributed by atoms with E-state index >= 15 is 0 Å². The highest BCUT2D eigenvalue weighted by atomic mass is 32.1. The monoisotopic (exact) mass is 196 g/mol. The van der Waals surface area contributed by atoms with Crippen LogP contribution in [0.2, 0.25) is 0 Å². The summed E-state index contributed by atoms with van der Waals surface area (Å²) in [5.74, 6) is 0.422. The molecule has 1 aliphatic rings. The van der Waals surface area contributed by atoms with Gasteiger partial charge in [-0.25, -0.2) is 0 Å². The number of carbonyl (C=O) groups is 1. The van der Waals surface area contributed by atoms with E-state index in [1.807, 2.05) is 11.4 Å². The van der Waals surface area contributed by atoms with Crippen LogP contribution in [0.1, 0.15) is 23.3 Å². The molecule has 70 valence electrons. The molecule has 2 rings (SSSR count). The Kier molecular flexibility index (Phi) is 2.71. The van der Waals surface area contributed by atoms with Gasteiger partial charge in [0.1, 0.15) is 5.69 Å². The Morgan fingerprint density at radius 3 is 2.92 bits per heavy atom. The van der Waals surface area contributed by atoms with Crippen molar-refractivity contribution in [2.24, 2.45) is 5.92 Å². The number of rotatable bonds is 2. The van der Waals surface area contributed by atoms with Gasteiger partial charge in [0.05, 0.1) is 0 Å². The van der Waals surface area contributed by atoms with Crippen LogP contribution >= 0.6 is 11.5 Å². The lowest BCUT2D eigenvalue weighted by Gasteiger charge is -2.20. The van der Waals surface area contributed by atoms with Crippen LogP contribution in [0, 0.1) is 5.92 Å². The van der Waals surface area contributed by atoms with Crippen LogP contribution in [0.15, 0.2) is 11.4 Å². The Morgan fingerprint density at radius 2 is 2.31 bits per heavy atom. The van der Waals surface area contributed by atoms with Crippen LogP contribution in [0.5, 0.6) is 0 Å². The van der Waals surface area contributed by atoms with E-state index in [0.29, 0.717) is 5.69 Å². The van der Waals surface area contributed by atoms with Gasteiger partial charge in [-0.1, -0.05) is 0 Å². The van der Waals surface area contributed by atoms with Crippen LogP contribution in [0.25, 0.3) is 0 Å². The van der Waals surface area contributed by atoms with E-state index < -0.39 is 0 Å². The molecule has 0 atom stereocenters. The predicted molar refractivity (Wildman–Crippen MR) is 52.0 cm³/mol. The second kappa shape index (κ2) is 3.98. The Morgan fingerprint density at radius 1 is 1.54 bits per heavy atom. The number of carbonyl (C=O) groups excluding carboxylic acids is 1. The van der Waals surface area contributed by atoms with Crippen molar-refractivity contribution >= 4 is 17.3 Å². The zero-order valence-electron chi connectivity index (χ0n) is 7.32. The molecule has 0 radical (unpaired) electrons. The molecular weight excluding hydrogens is 184 g/mol. The van der Waals surface area contributed by atoms with Crippen molar-refractivity contribution in [1.82, 2.24) is 9.69 Å². The topological polar surface area (TPSA) is 42.0 Å². The normalized spacial score (nSPS) is 18.8. The molecule has 0 aliphatic carbocycles. The van der Waals surface area contributed by atoms with E-state index in [-0.39, 0.29) is 11.7 Å². The van der Waals surface area contributed by atoms with Crippen LogP contribution in [-0.4, -0.2) is 23.2 Å². The smallest absolute Gasteiger partial charge is 0.185 e. The Bertz CT molecular complexity index is 278. The lowest BCUT2D eigenvalue weighted by molar-refractivity contribution is 0.0891. The Labute approximate surface area is 81.3 Å². The highest BCUT2D eigenvalue weighted by molar-refractivity contribution is 7.03. The van der Waals surface area contributed by atoms with Gasteiger partial charge in [0.2, 0.25) is 0 Å². The molecular formula is C9H12N2OS. The third-order valence-electron chi connectivity index (χ3n) is 2.40. The number of piperidine rings is 1. The molecule has 1 aromatic rings. The summed E-state index contributed by atoms with van der Waals surface area (Å²) in [6, 6.07) is 1.81. The standard InChI is InChI=1S/C9H12N2OS/c12-9(8-3-6-13-11-8)7-1-4-10-5-2-7/h3,6-7,10H,1-2,4-5H2. The molecule has 13 heavy (non-hydrogen) atoms. The van der Waals surface area contributed by atoms with Gasteiger partial charge in [0, 0.05) is 11.3 Å². The molecule has 1 aliphatic heterocycles. The van der Waals surface area contributed by atoms with Gasteiger partial charge in [0.15, 0.2) is 5.78 Å². The summed E-state index contributed by atoms with van der Waals surface area (Å²) >= 11 is 1.35. The summed E-state index contributed by atoms with van der Waals surface area (Å²) in [6.07, 6.45) is 1.91. The van der Waals surface area contributed by atoms with Crippen LogP contribution in [0.3, 0.4) is 0 Å². The van der Waals surface area contributed by atoms with Crippen molar-refractivity contribution < 1.29 is 4.79 Å². The van der Waals surface area contributed by atoms with Gasteiger partial charge in [0.25, 0.3) is 0 Å². The number of hydrogen-bond donors (Lipinski definition) is 1.